The summed E-state index contributed by atoms with van der Waals surface area (Å²) in [5.74, 6) is 1.19. The third-order valence-corrected chi connectivity index (χ3v) is 2.20. The van der Waals surface area contributed by atoms with Gasteiger partial charge in [-0.3, -0.25) is 0 Å². The van der Waals surface area contributed by atoms with Crippen LogP contribution in [0.3, 0.4) is 0 Å². The Labute approximate surface area is 84.4 Å². The Morgan fingerprint density at radius 1 is 1.33 bits per heavy atom. The first-order chi connectivity index (χ1) is 7.34. The molecular weight excluding hydrogens is 194 g/mol. The van der Waals surface area contributed by atoms with Crippen molar-refractivity contribution in [1.29, 1.82) is 0 Å². The van der Waals surface area contributed by atoms with E-state index in [2.05, 4.69) is 15.3 Å². The van der Waals surface area contributed by atoms with Gasteiger partial charge in [0.15, 0.2) is 0 Å². The normalized spacial score (nSPS) is 13.1. The van der Waals surface area contributed by atoms with E-state index in [-0.39, 0.29) is 5.69 Å². The number of H-pyrrole nitrogens is 1. The Kier molecular flexibility index (Phi) is 1.53. The Morgan fingerprint density at radius 2 is 2.27 bits per heavy atom. The highest BCUT2D eigenvalue weighted by Crippen LogP contribution is 2.30. The van der Waals surface area contributed by atoms with Crippen LogP contribution in [0.25, 0.3) is 10.9 Å². The fraction of sp³-hybridized carbons (Fsp3) is 0. The van der Waals surface area contributed by atoms with Crippen molar-refractivity contribution in [3.63, 3.8) is 0 Å². The monoisotopic (exact) mass is 201 g/mol. The molecule has 0 radical (unpaired) electrons. The first kappa shape index (κ1) is 8.05. The molecule has 2 heterocycles. The van der Waals surface area contributed by atoms with Crippen LogP contribution in [0.4, 0.5) is 5.82 Å². The van der Waals surface area contributed by atoms with Crippen molar-refractivity contribution in [3.05, 3.63) is 41.1 Å². The van der Waals surface area contributed by atoms with Crippen LogP contribution in [0.5, 0.6) is 5.75 Å². The van der Waals surface area contributed by atoms with Crippen LogP contribution in [0, 0.1) is 0 Å². The molecule has 5 heteroatoms. The van der Waals surface area contributed by atoms with E-state index in [9.17, 15) is 4.79 Å². The second kappa shape index (κ2) is 2.84. The van der Waals surface area contributed by atoms with Crippen molar-refractivity contribution in [1.82, 2.24) is 9.97 Å². The van der Waals surface area contributed by atoms with Crippen LogP contribution in [0.2, 0.25) is 0 Å². The topological polar surface area (TPSA) is 67.0 Å². The molecule has 2 aromatic rings. The molecule has 0 bridgehead atoms. The molecule has 0 atom stereocenters. The number of hydrogen-bond acceptors (Lipinski definition) is 4. The molecular formula is C10H7N3O2. The van der Waals surface area contributed by atoms with Gasteiger partial charge in [0, 0.05) is 6.20 Å². The lowest BCUT2D eigenvalue weighted by Crippen LogP contribution is -2.12. The zero-order chi connectivity index (χ0) is 10.3. The van der Waals surface area contributed by atoms with E-state index in [0.717, 1.165) is 5.39 Å². The van der Waals surface area contributed by atoms with Gasteiger partial charge in [0.25, 0.3) is 0 Å². The zero-order valence-electron chi connectivity index (χ0n) is 7.65. The van der Waals surface area contributed by atoms with Crippen LogP contribution >= 0.6 is 0 Å². The van der Waals surface area contributed by atoms with Gasteiger partial charge in [-0.1, -0.05) is 6.07 Å². The van der Waals surface area contributed by atoms with Gasteiger partial charge < -0.3 is 15.0 Å². The molecule has 1 aromatic carbocycles. The number of benzene rings is 1. The summed E-state index contributed by atoms with van der Waals surface area (Å²) in [7, 11) is 0. The van der Waals surface area contributed by atoms with E-state index in [1.807, 2.05) is 18.2 Å². The van der Waals surface area contributed by atoms with Crippen LogP contribution in [0.15, 0.2) is 35.5 Å². The molecule has 0 saturated heterocycles. The molecule has 0 unspecified atom stereocenters. The minimum Gasteiger partial charge on any atom is -0.463 e. The molecule has 0 spiro atoms. The second-order valence-corrected chi connectivity index (χ2v) is 3.13. The lowest BCUT2D eigenvalue weighted by Gasteiger charge is -2.05. The maximum atomic E-state index is 11.2. The van der Waals surface area contributed by atoms with Gasteiger partial charge in [-0.05, 0) is 12.1 Å². The number of aromatic amines is 1. The number of nitrogens with zero attached hydrogens (tertiary/aromatic N) is 1. The molecule has 74 valence electrons. The van der Waals surface area contributed by atoms with Crippen molar-refractivity contribution < 1.29 is 4.74 Å². The van der Waals surface area contributed by atoms with Gasteiger partial charge >= 0.3 is 5.69 Å². The quantitative estimate of drug-likeness (QED) is 0.672. The van der Waals surface area contributed by atoms with E-state index in [1.54, 1.807) is 6.20 Å². The molecule has 0 amide bonds. The highest BCUT2D eigenvalue weighted by Gasteiger charge is 2.11. The van der Waals surface area contributed by atoms with Crippen molar-refractivity contribution in [2.45, 2.75) is 0 Å². The fourth-order valence-electron chi connectivity index (χ4n) is 1.60. The highest BCUT2D eigenvalue weighted by molar-refractivity contribution is 5.95. The largest absolute Gasteiger partial charge is 0.463 e. The van der Waals surface area contributed by atoms with Crippen molar-refractivity contribution in [2.24, 2.45) is 0 Å². The molecule has 15 heavy (non-hydrogen) atoms. The molecule has 5 nitrogen and oxygen atoms in total. The van der Waals surface area contributed by atoms with Crippen molar-refractivity contribution in [2.75, 3.05) is 5.32 Å². The average Bonchev–Trinajstić information content (AvgIpc) is 2.42. The molecule has 0 saturated carbocycles. The van der Waals surface area contributed by atoms with Crippen LogP contribution in [-0.2, 0) is 0 Å². The van der Waals surface area contributed by atoms with Crippen LogP contribution in [0.1, 0.15) is 0 Å². The summed E-state index contributed by atoms with van der Waals surface area (Å²) in [6.07, 6.45) is 3.11. The Balaban J connectivity index is 2.51. The van der Waals surface area contributed by atoms with Gasteiger partial charge in [-0.15, -0.1) is 0 Å². The van der Waals surface area contributed by atoms with Gasteiger partial charge in [0.05, 0.1) is 10.9 Å². The molecule has 0 fully saturated rings. The van der Waals surface area contributed by atoms with Crippen molar-refractivity contribution in [3.8, 4) is 5.75 Å². The lowest BCUT2D eigenvalue weighted by molar-refractivity contribution is 0.488. The first-order valence-electron chi connectivity index (χ1n) is 4.46. The third kappa shape index (κ3) is 1.17. The smallest absolute Gasteiger partial charge is 0.347 e. The SMILES string of the molecule is O=c1nc2c3c(cccc3[nH]1)OC=CN2. The van der Waals surface area contributed by atoms with Crippen molar-refractivity contribution >= 4 is 16.7 Å². The van der Waals surface area contributed by atoms with Gasteiger partial charge in [-0.25, -0.2) is 4.79 Å². The molecule has 0 aliphatic carbocycles. The molecule has 1 aromatic heterocycles. The minimum absolute atomic E-state index is 0.377. The summed E-state index contributed by atoms with van der Waals surface area (Å²) in [5, 5.41) is 3.67. The lowest BCUT2D eigenvalue weighted by atomic mass is 10.2. The summed E-state index contributed by atoms with van der Waals surface area (Å²) in [5.41, 5.74) is 0.330. The number of anilines is 1. The van der Waals surface area contributed by atoms with Crippen LogP contribution in [-0.4, -0.2) is 9.97 Å². The predicted octanol–water partition coefficient (Wildman–Crippen LogP) is 1.20. The summed E-state index contributed by atoms with van der Waals surface area (Å²) < 4.78 is 5.36. The standard InChI is InChI=1S/C10H7N3O2/c14-10-12-6-2-1-3-7-8(6)9(13-10)11-4-5-15-7/h1-5H,(H2,11,12,13,14). The Hall–Kier alpha value is -2.30. The molecule has 3 rings (SSSR count). The average molecular weight is 201 g/mol. The summed E-state index contributed by atoms with van der Waals surface area (Å²) in [6.45, 7) is 0. The zero-order valence-corrected chi connectivity index (χ0v) is 7.65. The maximum absolute atomic E-state index is 11.2. The number of rotatable bonds is 0. The van der Waals surface area contributed by atoms with E-state index >= 15 is 0 Å². The minimum atomic E-state index is -0.377. The third-order valence-electron chi connectivity index (χ3n) is 2.20. The summed E-state index contributed by atoms with van der Waals surface area (Å²) in [6, 6.07) is 5.45. The number of ether oxygens (including phenoxy) is 1. The molecule has 1 aliphatic heterocycles. The summed E-state index contributed by atoms with van der Waals surface area (Å²) >= 11 is 0. The molecule has 2 N–H and O–H groups in total. The highest BCUT2D eigenvalue weighted by atomic mass is 16.5. The maximum Gasteiger partial charge on any atom is 0.347 e. The Bertz CT molecular complexity index is 616. The van der Waals surface area contributed by atoms with Crippen LogP contribution < -0.4 is 15.7 Å². The predicted molar refractivity (Wildman–Crippen MR) is 55.8 cm³/mol. The van der Waals surface area contributed by atoms with Gasteiger partial charge in [-0.2, -0.15) is 4.98 Å². The van der Waals surface area contributed by atoms with Gasteiger partial charge in [0.2, 0.25) is 0 Å². The first-order valence-corrected chi connectivity index (χ1v) is 4.46. The van der Waals surface area contributed by atoms with E-state index in [1.165, 1.54) is 6.26 Å². The number of aromatic nitrogens is 2. The molecule has 1 aliphatic rings. The number of hydrogen-bond donors (Lipinski definition) is 2. The van der Waals surface area contributed by atoms with E-state index < -0.39 is 0 Å². The second-order valence-electron chi connectivity index (χ2n) is 3.13. The van der Waals surface area contributed by atoms with E-state index in [0.29, 0.717) is 17.1 Å². The van der Waals surface area contributed by atoms with Gasteiger partial charge in [0.1, 0.15) is 17.8 Å². The summed E-state index contributed by atoms with van der Waals surface area (Å²) in [4.78, 5) is 17.7. The Morgan fingerprint density at radius 3 is 3.20 bits per heavy atom. The number of nitrogens with one attached hydrogen (secondary N) is 2. The fourth-order valence-corrected chi connectivity index (χ4v) is 1.60. The van der Waals surface area contributed by atoms with E-state index in [4.69, 9.17) is 4.74 Å².